The van der Waals surface area contributed by atoms with E-state index in [2.05, 4.69) is 12.2 Å². The first-order valence-electron chi connectivity index (χ1n) is 10.9. The molecule has 4 aromatic rings. The quantitative estimate of drug-likeness (QED) is 0.328. The van der Waals surface area contributed by atoms with Crippen LogP contribution >= 0.6 is 11.3 Å². The summed E-state index contributed by atoms with van der Waals surface area (Å²) in [6.45, 7) is 2.72. The van der Waals surface area contributed by atoms with Crippen LogP contribution in [0.2, 0.25) is 0 Å². The van der Waals surface area contributed by atoms with E-state index in [0.29, 0.717) is 17.7 Å². The van der Waals surface area contributed by atoms with Crippen molar-refractivity contribution < 1.29 is 14.4 Å². The van der Waals surface area contributed by atoms with E-state index < -0.39 is 0 Å². The van der Waals surface area contributed by atoms with Gasteiger partial charge in [-0.15, -0.1) is 11.3 Å². The predicted molar refractivity (Wildman–Crippen MR) is 131 cm³/mol. The fourth-order valence-corrected chi connectivity index (χ4v) is 5.00. The molecule has 1 amide bonds. The maximum atomic E-state index is 12.9. The molecular formula is C27H22N2O3S. The first-order chi connectivity index (χ1) is 16.1. The molecule has 1 aliphatic carbocycles. The van der Waals surface area contributed by atoms with Crippen molar-refractivity contribution in [3.63, 3.8) is 0 Å². The van der Waals surface area contributed by atoms with Gasteiger partial charge in [0.05, 0.1) is 17.6 Å². The van der Waals surface area contributed by atoms with Crippen LogP contribution in [0.5, 0.6) is 0 Å². The lowest BCUT2D eigenvalue weighted by Gasteiger charge is -2.09. The van der Waals surface area contributed by atoms with Crippen LogP contribution in [0.4, 0.5) is 0 Å². The Morgan fingerprint density at radius 2 is 1.76 bits per heavy atom. The van der Waals surface area contributed by atoms with Crippen LogP contribution < -0.4 is 5.32 Å². The number of para-hydroxylation sites is 1. The van der Waals surface area contributed by atoms with Crippen molar-refractivity contribution in [2.45, 2.75) is 26.4 Å². The van der Waals surface area contributed by atoms with Crippen molar-refractivity contribution in [3.05, 3.63) is 98.9 Å². The molecule has 2 aromatic heterocycles. The molecule has 0 saturated carbocycles. The highest BCUT2D eigenvalue weighted by Crippen LogP contribution is 2.31. The number of ketones is 2. The number of fused-ring (bicyclic) bond motifs is 2. The average molecular weight is 455 g/mol. The molecule has 0 saturated heterocycles. The molecule has 0 aliphatic heterocycles. The van der Waals surface area contributed by atoms with Crippen molar-refractivity contribution in [3.8, 4) is 0 Å². The van der Waals surface area contributed by atoms with Gasteiger partial charge in [-0.3, -0.25) is 14.4 Å². The Balaban J connectivity index is 1.52. The molecule has 0 spiro atoms. The standard InChI is InChI=1S/C27H22N2O3S/c1-2-17-7-5-11-20-18(13-23-26(31)21-9-3-4-10-22(21)27(23)32)15-29(25(17)20)16-24(30)28-14-19-8-6-12-33-19/h3-13,15H,2,14,16H2,1H3,(H,28,30). The first kappa shape index (κ1) is 21.1. The molecule has 1 N–H and O–H groups in total. The highest BCUT2D eigenvalue weighted by Gasteiger charge is 2.32. The van der Waals surface area contributed by atoms with E-state index in [1.54, 1.807) is 41.7 Å². The monoisotopic (exact) mass is 454 g/mol. The summed E-state index contributed by atoms with van der Waals surface area (Å²) in [5, 5.41) is 5.88. The maximum Gasteiger partial charge on any atom is 0.240 e. The minimum absolute atomic E-state index is 0.0918. The zero-order valence-electron chi connectivity index (χ0n) is 18.1. The molecule has 0 unspecified atom stereocenters. The number of carbonyl (C=O) groups excluding carboxylic acids is 3. The Morgan fingerprint density at radius 3 is 2.42 bits per heavy atom. The third-order valence-corrected chi connectivity index (χ3v) is 6.83. The second kappa shape index (κ2) is 8.64. The molecule has 0 fully saturated rings. The summed E-state index contributed by atoms with van der Waals surface area (Å²) < 4.78 is 1.92. The molecule has 164 valence electrons. The zero-order valence-corrected chi connectivity index (χ0v) is 18.9. The van der Waals surface area contributed by atoms with E-state index in [1.807, 2.05) is 46.5 Å². The molecule has 0 bridgehead atoms. The Hall–Kier alpha value is -3.77. The number of nitrogens with zero attached hydrogens (tertiary/aromatic N) is 1. The highest BCUT2D eigenvalue weighted by molar-refractivity contribution is 7.09. The van der Waals surface area contributed by atoms with Gasteiger partial charge in [-0.1, -0.05) is 55.5 Å². The van der Waals surface area contributed by atoms with E-state index in [1.165, 1.54) is 0 Å². The third kappa shape index (κ3) is 3.83. The van der Waals surface area contributed by atoms with Gasteiger partial charge < -0.3 is 9.88 Å². The van der Waals surface area contributed by atoms with E-state index in [-0.39, 0.29) is 29.6 Å². The molecule has 0 atom stereocenters. The van der Waals surface area contributed by atoms with Gasteiger partial charge in [0, 0.05) is 33.2 Å². The number of Topliss-reactive ketones (excluding diaryl/α,β-unsaturated/α-hetero) is 2. The number of hydrogen-bond donors (Lipinski definition) is 1. The lowest BCUT2D eigenvalue weighted by atomic mass is 10.0. The third-order valence-electron chi connectivity index (χ3n) is 5.95. The van der Waals surface area contributed by atoms with Gasteiger partial charge in [0.15, 0.2) is 11.6 Å². The summed E-state index contributed by atoms with van der Waals surface area (Å²) in [6, 6.07) is 16.8. The predicted octanol–water partition coefficient (Wildman–Crippen LogP) is 5.04. The fraction of sp³-hybridized carbons (Fsp3) is 0.148. The summed E-state index contributed by atoms with van der Waals surface area (Å²) in [5.74, 6) is -0.598. The summed E-state index contributed by atoms with van der Waals surface area (Å²) in [7, 11) is 0. The average Bonchev–Trinajstić information content (AvgIpc) is 3.53. The number of nitrogens with one attached hydrogen (secondary N) is 1. The fourth-order valence-electron chi connectivity index (χ4n) is 4.36. The van der Waals surface area contributed by atoms with Gasteiger partial charge in [0.2, 0.25) is 5.91 Å². The molecular weight excluding hydrogens is 432 g/mol. The largest absolute Gasteiger partial charge is 0.350 e. The van der Waals surface area contributed by atoms with Crippen LogP contribution in [0.3, 0.4) is 0 Å². The summed E-state index contributed by atoms with van der Waals surface area (Å²) in [4.78, 5) is 39.6. The van der Waals surface area contributed by atoms with E-state index >= 15 is 0 Å². The number of rotatable bonds is 6. The Bertz CT molecular complexity index is 1390. The van der Waals surface area contributed by atoms with Crippen molar-refractivity contribution in [2.75, 3.05) is 0 Å². The SMILES string of the molecule is CCc1cccc2c(C=C3C(=O)c4ccccc4C3=O)cn(CC(=O)NCc3cccs3)c12. The summed E-state index contributed by atoms with van der Waals surface area (Å²) in [5.41, 5.74) is 3.87. The van der Waals surface area contributed by atoms with E-state index in [4.69, 9.17) is 0 Å². The van der Waals surface area contributed by atoms with E-state index in [0.717, 1.165) is 33.3 Å². The summed E-state index contributed by atoms with van der Waals surface area (Å²) in [6.07, 6.45) is 4.34. The summed E-state index contributed by atoms with van der Waals surface area (Å²) >= 11 is 1.60. The molecule has 0 radical (unpaired) electrons. The lowest BCUT2D eigenvalue weighted by Crippen LogP contribution is -2.26. The first-order valence-corrected chi connectivity index (χ1v) is 11.7. The smallest absolute Gasteiger partial charge is 0.240 e. The van der Waals surface area contributed by atoms with Gasteiger partial charge in [-0.2, -0.15) is 0 Å². The molecule has 5 nitrogen and oxygen atoms in total. The van der Waals surface area contributed by atoms with Gasteiger partial charge in [0.1, 0.15) is 6.54 Å². The molecule has 6 heteroatoms. The number of benzene rings is 2. The topological polar surface area (TPSA) is 68.2 Å². The van der Waals surface area contributed by atoms with Crippen LogP contribution in [-0.4, -0.2) is 22.0 Å². The number of hydrogen-bond acceptors (Lipinski definition) is 4. The number of aryl methyl sites for hydroxylation is 1. The molecule has 2 heterocycles. The van der Waals surface area contributed by atoms with Crippen molar-refractivity contribution in [2.24, 2.45) is 0 Å². The highest BCUT2D eigenvalue weighted by atomic mass is 32.1. The Labute approximate surface area is 195 Å². The minimum atomic E-state index is -0.253. The van der Waals surface area contributed by atoms with Crippen molar-refractivity contribution in [1.29, 1.82) is 0 Å². The van der Waals surface area contributed by atoms with Crippen LogP contribution in [0.25, 0.3) is 17.0 Å². The number of allylic oxidation sites excluding steroid dienone is 1. The number of carbonyl (C=O) groups is 3. The molecule has 1 aliphatic rings. The lowest BCUT2D eigenvalue weighted by molar-refractivity contribution is -0.121. The van der Waals surface area contributed by atoms with Crippen molar-refractivity contribution >= 4 is 45.8 Å². The second-order valence-corrected chi connectivity index (χ2v) is 9.03. The number of thiophene rings is 1. The molecule has 5 rings (SSSR count). The number of aromatic nitrogens is 1. The van der Waals surface area contributed by atoms with Crippen LogP contribution in [-0.2, 0) is 24.3 Å². The van der Waals surface area contributed by atoms with Crippen LogP contribution in [0.1, 0.15) is 43.6 Å². The van der Waals surface area contributed by atoms with Crippen molar-refractivity contribution in [1.82, 2.24) is 9.88 Å². The number of amides is 1. The second-order valence-electron chi connectivity index (χ2n) is 8.00. The Morgan fingerprint density at radius 1 is 1.00 bits per heavy atom. The normalized spacial score (nSPS) is 12.9. The molecule has 33 heavy (non-hydrogen) atoms. The zero-order chi connectivity index (χ0) is 22.9. The van der Waals surface area contributed by atoms with Gasteiger partial charge in [-0.25, -0.2) is 0 Å². The molecule has 2 aromatic carbocycles. The van der Waals surface area contributed by atoms with Gasteiger partial charge in [-0.05, 0) is 29.5 Å². The van der Waals surface area contributed by atoms with Gasteiger partial charge in [0.25, 0.3) is 0 Å². The van der Waals surface area contributed by atoms with Crippen LogP contribution in [0.15, 0.2) is 71.7 Å². The maximum absolute atomic E-state index is 12.9. The van der Waals surface area contributed by atoms with E-state index in [9.17, 15) is 14.4 Å². The minimum Gasteiger partial charge on any atom is -0.350 e. The Kier molecular flexibility index (Phi) is 5.52. The van der Waals surface area contributed by atoms with Crippen LogP contribution in [0, 0.1) is 0 Å². The van der Waals surface area contributed by atoms with Gasteiger partial charge >= 0.3 is 0 Å².